The summed E-state index contributed by atoms with van der Waals surface area (Å²) in [4.78, 5) is 12.5. The largest absolute Gasteiger partial charge is 0.464 e. The van der Waals surface area contributed by atoms with Crippen LogP contribution in [0, 0.1) is 0 Å². The number of carbonyl (C=O) groups excluding carboxylic acids is 1. The maximum Gasteiger partial charge on any atom is 0.340 e. The molecule has 0 aliphatic carbocycles. The van der Waals surface area contributed by atoms with Crippen LogP contribution in [0.25, 0.3) is 0 Å². The minimum Gasteiger partial charge on any atom is -0.464 e. The van der Waals surface area contributed by atoms with Crippen LogP contribution in [0.2, 0.25) is 0 Å². The number of hydrogen-bond acceptors (Lipinski definition) is 8. The van der Waals surface area contributed by atoms with Crippen molar-refractivity contribution in [1.82, 2.24) is 0 Å². The molecule has 3 saturated heterocycles. The van der Waals surface area contributed by atoms with Gasteiger partial charge in [0.1, 0.15) is 18.3 Å². The molecule has 3 rings (SSSR count). The molecule has 3 fully saturated rings. The molecular formula is C17H28O8. The molecular weight excluding hydrogens is 332 g/mol. The SMILES string of the molecule is CCOC(=O)[C@@]1(CO)C[C@H]2OC(C)(C)O[C@H]2[C@@H]([C@H]2COC(C)(C)O2)O1. The van der Waals surface area contributed by atoms with Crippen LogP contribution in [0.4, 0.5) is 0 Å². The third-order valence-corrected chi connectivity index (χ3v) is 4.74. The quantitative estimate of drug-likeness (QED) is 0.734. The molecule has 25 heavy (non-hydrogen) atoms. The van der Waals surface area contributed by atoms with Gasteiger partial charge >= 0.3 is 5.97 Å². The molecule has 8 nitrogen and oxygen atoms in total. The van der Waals surface area contributed by atoms with Gasteiger partial charge in [-0.25, -0.2) is 4.79 Å². The zero-order valence-corrected chi connectivity index (χ0v) is 15.4. The van der Waals surface area contributed by atoms with Crippen LogP contribution >= 0.6 is 0 Å². The molecule has 3 aliphatic heterocycles. The van der Waals surface area contributed by atoms with E-state index >= 15 is 0 Å². The summed E-state index contributed by atoms with van der Waals surface area (Å²) < 4.78 is 34.8. The lowest BCUT2D eigenvalue weighted by molar-refractivity contribution is -0.245. The summed E-state index contributed by atoms with van der Waals surface area (Å²) in [5.41, 5.74) is -1.50. The summed E-state index contributed by atoms with van der Waals surface area (Å²) in [6, 6.07) is 0. The molecule has 144 valence electrons. The first-order chi connectivity index (χ1) is 11.6. The maximum absolute atomic E-state index is 12.5. The van der Waals surface area contributed by atoms with E-state index in [9.17, 15) is 9.90 Å². The van der Waals surface area contributed by atoms with E-state index in [1.54, 1.807) is 6.92 Å². The summed E-state index contributed by atoms with van der Waals surface area (Å²) in [6.45, 7) is 8.94. The Kier molecular flexibility index (Phi) is 4.89. The molecule has 0 unspecified atom stereocenters. The van der Waals surface area contributed by atoms with E-state index in [1.165, 1.54) is 0 Å². The van der Waals surface area contributed by atoms with Crippen molar-refractivity contribution in [1.29, 1.82) is 0 Å². The Bertz CT molecular complexity index is 519. The molecule has 0 aromatic rings. The normalized spacial score (nSPS) is 42.2. The van der Waals surface area contributed by atoms with E-state index in [4.69, 9.17) is 28.4 Å². The highest BCUT2D eigenvalue weighted by atomic mass is 16.8. The smallest absolute Gasteiger partial charge is 0.340 e. The monoisotopic (exact) mass is 360 g/mol. The lowest BCUT2D eigenvalue weighted by Crippen LogP contribution is -2.62. The summed E-state index contributed by atoms with van der Waals surface area (Å²) in [5, 5.41) is 9.96. The third kappa shape index (κ3) is 3.56. The van der Waals surface area contributed by atoms with Gasteiger partial charge in [-0.1, -0.05) is 0 Å². The van der Waals surface area contributed by atoms with Gasteiger partial charge in [-0.2, -0.15) is 0 Å². The standard InChI is InChI=1S/C17H28O8/c1-6-20-14(19)17(9-18)7-10-12(24-16(4,5)22-10)13(25-17)11-8-21-15(2,3)23-11/h10-13,18H,6-9H2,1-5H3/t10-,11-,12-,13-,17+/m1/s1. The van der Waals surface area contributed by atoms with E-state index < -0.39 is 54.2 Å². The van der Waals surface area contributed by atoms with Crippen molar-refractivity contribution < 1.29 is 38.3 Å². The van der Waals surface area contributed by atoms with Crippen molar-refractivity contribution in [3.63, 3.8) is 0 Å². The van der Waals surface area contributed by atoms with Gasteiger partial charge in [0.15, 0.2) is 17.2 Å². The molecule has 0 saturated carbocycles. The van der Waals surface area contributed by atoms with Crippen molar-refractivity contribution in [2.24, 2.45) is 0 Å². The number of ether oxygens (including phenoxy) is 6. The van der Waals surface area contributed by atoms with Crippen molar-refractivity contribution in [3.8, 4) is 0 Å². The first-order valence-electron chi connectivity index (χ1n) is 8.75. The van der Waals surface area contributed by atoms with Crippen molar-refractivity contribution in [2.75, 3.05) is 19.8 Å². The van der Waals surface area contributed by atoms with Crippen LogP contribution in [0.15, 0.2) is 0 Å². The molecule has 1 N–H and O–H groups in total. The predicted octanol–water partition coefficient (Wildman–Crippen LogP) is 0.741. The Morgan fingerprint density at radius 1 is 1.04 bits per heavy atom. The fourth-order valence-electron chi connectivity index (χ4n) is 3.73. The topological polar surface area (TPSA) is 92.7 Å². The molecule has 0 bridgehead atoms. The summed E-state index contributed by atoms with van der Waals surface area (Å²) >= 11 is 0. The lowest BCUT2D eigenvalue weighted by atomic mass is 9.86. The molecule has 8 heteroatoms. The number of aliphatic hydroxyl groups excluding tert-OH is 1. The van der Waals surface area contributed by atoms with Crippen molar-refractivity contribution in [2.45, 2.75) is 82.6 Å². The fourth-order valence-corrected chi connectivity index (χ4v) is 3.73. The van der Waals surface area contributed by atoms with Crippen LogP contribution in [0.1, 0.15) is 41.0 Å². The van der Waals surface area contributed by atoms with Crippen molar-refractivity contribution >= 4 is 5.97 Å². The first kappa shape index (κ1) is 19.0. The molecule has 3 aliphatic rings. The molecule has 0 aromatic heterocycles. The van der Waals surface area contributed by atoms with Gasteiger partial charge in [0.2, 0.25) is 0 Å². The average Bonchev–Trinajstić information content (AvgIpc) is 3.03. The van der Waals surface area contributed by atoms with Crippen LogP contribution in [-0.2, 0) is 33.2 Å². The van der Waals surface area contributed by atoms with Gasteiger partial charge in [0, 0.05) is 6.42 Å². The van der Waals surface area contributed by atoms with E-state index in [1.807, 2.05) is 27.7 Å². The number of fused-ring (bicyclic) bond motifs is 1. The van der Waals surface area contributed by atoms with Crippen LogP contribution < -0.4 is 0 Å². The average molecular weight is 360 g/mol. The molecule has 3 heterocycles. The molecule has 0 spiro atoms. The van der Waals surface area contributed by atoms with Gasteiger partial charge < -0.3 is 33.5 Å². The number of esters is 1. The van der Waals surface area contributed by atoms with Crippen LogP contribution in [-0.4, -0.2) is 72.5 Å². The number of rotatable bonds is 4. The predicted molar refractivity (Wildman–Crippen MR) is 84.7 cm³/mol. The second-order valence-corrected chi connectivity index (χ2v) is 7.67. The Hall–Kier alpha value is -0.770. The zero-order valence-electron chi connectivity index (χ0n) is 15.4. The highest BCUT2D eigenvalue weighted by Gasteiger charge is 2.61. The number of hydrogen-bond donors (Lipinski definition) is 1. The van der Waals surface area contributed by atoms with Gasteiger partial charge in [0.05, 0.1) is 25.9 Å². The van der Waals surface area contributed by atoms with E-state index in [0.29, 0.717) is 6.61 Å². The highest BCUT2D eigenvalue weighted by molar-refractivity contribution is 5.80. The minimum atomic E-state index is -1.50. The number of aliphatic hydroxyl groups is 1. The Morgan fingerprint density at radius 2 is 1.68 bits per heavy atom. The second-order valence-electron chi connectivity index (χ2n) is 7.67. The molecule has 0 radical (unpaired) electrons. The Labute approximate surface area is 147 Å². The summed E-state index contributed by atoms with van der Waals surface area (Å²) in [5.74, 6) is -2.17. The maximum atomic E-state index is 12.5. The van der Waals surface area contributed by atoms with Crippen molar-refractivity contribution in [3.05, 3.63) is 0 Å². The zero-order chi connectivity index (χ0) is 18.5. The van der Waals surface area contributed by atoms with Crippen LogP contribution in [0.5, 0.6) is 0 Å². The van der Waals surface area contributed by atoms with Gasteiger partial charge in [-0.3, -0.25) is 0 Å². The minimum absolute atomic E-state index is 0.157. The van der Waals surface area contributed by atoms with E-state index in [0.717, 1.165) is 0 Å². The highest BCUT2D eigenvalue weighted by Crippen LogP contribution is 2.44. The van der Waals surface area contributed by atoms with E-state index in [2.05, 4.69) is 0 Å². The molecule has 0 amide bonds. The second kappa shape index (κ2) is 6.44. The van der Waals surface area contributed by atoms with Gasteiger partial charge in [-0.15, -0.1) is 0 Å². The molecule has 5 atom stereocenters. The third-order valence-electron chi connectivity index (χ3n) is 4.74. The summed E-state index contributed by atoms with van der Waals surface area (Å²) in [7, 11) is 0. The van der Waals surface area contributed by atoms with Gasteiger partial charge in [0.25, 0.3) is 0 Å². The Balaban J connectivity index is 1.89. The van der Waals surface area contributed by atoms with Crippen LogP contribution in [0.3, 0.4) is 0 Å². The van der Waals surface area contributed by atoms with E-state index in [-0.39, 0.29) is 13.0 Å². The van der Waals surface area contributed by atoms with Gasteiger partial charge in [-0.05, 0) is 34.6 Å². The Morgan fingerprint density at radius 3 is 2.24 bits per heavy atom. The summed E-state index contributed by atoms with van der Waals surface area (Å²) in [6.07, 6.45) is -1.76. The lowest BCUT2D eigenvalue weighted by Gasteiger charge is -2.44. The first-order valence-corrected chi connectivity index (χ1v) is 8.75. The fraction of sp³-hybridized carbons (Fsp3) is 0.941. The number of carbonyl (C=O) groups is 1. The molecule has 0 aromatic carbocycles.